The first kappa shape index (κ1) is 13.5. The number of para-hydroxylation sites is 1. The molecule has 1 aliphatic rings. The third kappa shape index (κ3) is 2.13. The van der Waals surface area contributed by atoms with Gasteiger partial charge in [0.05, 0.1) is 17.8 Å². The van der Waals surface area contributed by atoms with Crippen LogP contribution in [0, 0.1) is 6.92 Å². The predicted octanol–water partition coefficient (Wildman–Crippen LogP) is 2.48. The average molecular weight is 301 g/mol. The highest BCUT2D eigenvalue weighted by Crippen LogP contribution is 2.32. The highest BCUT2D eigenvalue weighted by Gasteiger charge is 2.35. The number of Topliss-reactive ketones (excluding diaryl/α,β-unsaturated/α-hetero) is 1. The number of nitrogens with zero attached hydrogens (tertiary/aromatic N) is 1. The zero-order chi connectivity index (χ0) is 15.1. The van der Waals surface area contributed by atoms with E-state index in [9.17, 15) is 14.4 Å². The number of rotatable bonds is 3. The monoisotopic (exact) mass is 301 g/mol. The standard InChI is InChI=1S/C15H11NO4S/c1-8-9(6-12(21-8)15(19)20)7-16-11-5-3-2-4-10(11)13(17)14(16)18/h2-6H,7H2,1H3,(H,19,20). The Balaban J connectivity index is 1.97. The van der Waals surface area contributed by atoms with Gasteiger partial charge in [0.2, 0.25) is 0 Å². The molecule has 106 valence electrons. The van der Waals surface area contributed by atoms with Crippen LogP contribution in [0.25, 0.3) is 0 Å². The van der Waals surface area contributed by atoms with Crippen molar-refractivity contribution in [1.29, 1.82) is 0 Å². The van der Waals surface area contributed by atoms with Gasteiger partial charge in [-0.25, -0.2) is 4.79 Å². The lowest BCUT2D eigenvalue weighted by molar-refractivity contribution is -0.114. The molecule has 1 aliphatic heterocycles. The molecule has 0 saturated heterocycles. The Bertz CT molecular complexity index is 778. The Kier molecular flexibility index (Phi) is 3.10. The summed E-state index contributed by atoms with van der Waals surface area (Å²) in [5.74, 6) is -2.07. The second kappa shape index (κ2) is 4.82. The molecule has 0 unspecified atom stereocenters. The molecule has 0 atom stereocenters. The van der Waals surface area contributed by atoms with E-state index in [2.05, 4.69) is 0 Å². The molecule has 0 fully saturated rings. The van der Waals surface area contributed by atoms with Gasteiger partial charge in [0, 0.05) is 4.88 Å². The van der Waals surface area contributed by atoms with E-state index in [1.54, 1.807) is 37.3 Å². The number of benzene rings is 1. The van der Waals surface area contributed by atoms with Crippen LogP contribution in [-0.4, -0.2) is 22.8 Å². The number of amides is 1. The molecule has 2 heterocycles. The van der Waals surface area contributed by atoms with Crippen molar-refractivity contribution in [1.82, 2.24) is 0 Å². The van der Waals surface area contributed by atoms with Gasteiger partial charge in [-0.1, -0.05) is 12.1 Å². The Morgan fingerprint density at radius 2 is 2.00 bits per heavy atom. The first-order valence-electron chi connectivity index (χ1n) is 6.27. The quantitative estimate of drug-likeness (QED) is 0.884. The number of aryl methyl sites for hydroxylation is 1. The second-order valence-electron chi connectivity index (χ2n) is 4.73. The number of carboxylic acids is 1. The fraction of sp³-hybridized carbons (Fsp3) is 0.133. The van der Waals surface area contributed by atoms with Gasteiger partial charge in [-0.2, -0.15) is 0 Å². The van der Waals surface area contributed by atoms with Crippen molar-refractivity contribution in [3.05, 3.63) is 51.2 Å². The number of hydrogen-bond donors (Lipinski definition) is 1. The van der Waals surface area contributed by atoms with Crippen LogP contribution in [0.3, 0.4) is 0 Å². The molecule has 1 aromatic heterocycles. The van der Waals surface area contributed by atoms with Crippen molar-refractivity contribution in [2.75, 3.05) is 4.90 Å². The fourth-order valence-electron chi connectivity index (χ4n) is 2.36. The molecule has 6 heteroatoms. The first-order chi connectivity index (χ1) is 9.99. The van der Waals surface area contributed by atoms with Gasteiger partial charge < -0.3 is 10.0 Å². The molecule has 2 aromatic rings. The van der Waals surface area contributed by atoms with Crippen molar-refractivity contribution in [3.8, 4) is 0 Å². The van der Waals surface area contributed by atoms with E-state index in [0.717, 1.165) is 10.4 Å². The van der Waals surface area contributed by atoms with Crippen LogP contribution in [0.2, 0.25) is 0 Å². The third-order valence-corrected chi connectivity index (χ3v) is 4.52. The van der Waals surface area contributed by atoms with E-state index in [4.69, 9.17) is 5.11 Å². The molecule has 0 bridgehead atoms. The number of hydrogen-bond acceptors (Lipinski definition) is 4. The van der Waals surface area contributed by atoms with Crippen LogP contribution in [0.15, 0.2) is 30.3 Å². The third-order valence-electron chi connectivity index (χ3n) is 3.44. The van der Waals surface area contributed by atoms with Crippen molar-refractivity contribution >= 4 is 34.7 Å². The molecule has 0 aliphatic carbocycles. The van der Waals surface area contributed by atoms with E-state index in [1.807, 2.05) is 0 Å². The number of thiophene rings is 1. The van der Waals surface area contributed by atoms with Crippen LogP contribution in [-0.2, 0) is 11.3 Å². The van der Waals surface area contributed by atoms with E-state index in [-0.39, 0.29) is 11.4 Å². The van der Waals surface area contributed by atoms with Gasteiger partial charge in [0.15, 0.2) is 0 Å². The number of aromatic carboxylic acids is 1. The minimum atomic E-state index is -0.987. The maximum atomic E-state index is 12.1. The maximum Gasteiger partial charge on any atom is 0.345 e. The summed E-state index contributed by atoms with van der Waals surface area (Å²) in [4.78, 5) is 37.5. The zero-order valence-corrected chi connectivity index (χ0v) is 11.9. The van der Waals surface area contributed by atoms with Crippen LogP contribution in [0.5, 0.6) is 0 Å². The predicted molar refractivity (Wildman–Crippen MR) is 78.0 cm³/mol. The molecule has 21 heavy (non-hydrogen) atoms. The lowest BCUT2D eigenvalue weighted by atomic mass is 10.1. The summed E-state index contributed by atoms with van der Waals surface area (Å²) in [5.41, 5.74) is 1.72. The minimum Gasteiger partial charge on any atom is -0.477 e. The SMILES string of the molecule is Cc1sc(C(=O)O)cc1CN1C(=O)C(=O)c2ccccc21. The number of carbonyl (C=O) groups is 3. The molecule has 1 amide bonds. The number of anilines is 1. The number of ketones is 1. The molecule has 0 spiro atoms. The van der Waals surface area contributed by atoms with Crippen molar-refractivity contribution in [2.24, 2.45) is 0 Å². The lowest BCUT2D eigenvalue weighted by Gasteiger charge is -2.16. The van der Waals surface area contributed by atoms with E-state index >= 15 is 0 Å². The van der Waals surface area contributed by atoms with Crippen molar-refractivity contribution < 1.29 is 19.5 Å². The number of fused-ring (bicyclic) bond motifs is 1. The Hall–Kier alpha value is -2.47. The van der Waals surface area contributed by atoms with Crippen LogP contribution < -0.4 is 4.90 Å². The average Bonchev–Trinajstić information content (AvgIpc) is 2.94. The van der Waals surface area contributed by atoms with E-state index in [0.29, 0.717) is 11.3 Å². The van der Waals surface area contributed by atoms with Crippen LogP contribution in [0.4, 0.5) is 5.69 Å². The van der Waals surface area contributed by atoms with Gasteiger partial charge in [-0.3, -0.25) is 9.59 Å². The summed E-state index contributed by atoms with van der Waals surface area (Å²) in [6.45, 7) is 2.01. The highest BCUT2D eigenvalue weighted by atomic mass is 32.1. The van der Waals surface area contributed by atoms with Gasteiger partial charge in [0.1, 0.15) is 4.88 Å². The highest BCUT2D eigenvalue weighted by molar-refractivity contribution is 7.14. The molecular formula is C15H11NO4S. The maximum absolute atomic E-state index is 12.1. The smallest absolute Gasteiger partial charge is 0.345 e. The number of carbonyl (C=O) groups excluding carboxylic acids is 2. The molecule has 1 N–H and O–H groups in total. The molecule has 0 saturated carbocycles. The topological polar surface area (TPSA) is 74.7 Å². The minimum absolute atomic E-state index is 0.206. The van der Waals surface area contributed by atoms with Crippen LogP contribution >= 0.6 is 11.3 Å². The first-order valence-corrected chi connectivity index (χ1v) is 7.08. The second-order valence-corrected chi connectivity index (χ2v) is 5.99. The molecule has 5 nitrogen and oxygen atoms in total. The Morgan fingerprint density at radius 1 is 1.29 bits per heavy atom. The normalized spacial score (nSPS) is 13.7. The Labute approximate surface area is 124 Å². The van der Waals surface area contributed by atoms with Gasteiger partial charge in [-0.05, 0) is 30.7 Å². The lowest BCUT2D eigenvalue weighted by Crippen LogP contribution is -2.29. The molecular weight excluding hydrogens is 290 g/mol. The summed E-state index contributed by atoms with van der Waals surface area (Å²) < 4.78 is 0. The molecule has 1 aromatic carbocycles. The van der Waals surface area contributed by atoms with E-state index < -0.39 is 17.7 Å². The summed E-state index contributed by atoms with van der Waals surface area (Å²) >= 11 is 1.17. The Morgan fingerprint density at radius 3 is 2.67 bits per heavy atom. The van der Waals surface area contributed by atoms with Crippen molar-refractivity contribution in [2.45, 2.75) is 13.5 Å². The van der Waals surface area contributed by atoms with Gasteiger partial charge in [-0.15, -0.1) is 11.3 Å². The summed E-state index contributed by atoms with van der Waals surface area (Å²) in [5, 5.41) is 9.01. The summed E-state index contributed by atoms with van der Waals surface area (Å²) in [6, 6.07) is 8.38. The molecule has 3 rings (SSSR count). The fourth-order valence-corrected chi connectivity index (χ4v) is 3.23. The van der Waals surface area contributed by atoms with Crippen LogP contribution in [0.1, 0.15) is 30.5 Å². The van der Waals surface area contributed by atoms with Gasteiger partial charge >= 0.3 is 5.97 Å². The molecule has 0 radical (unpaired) electrons. The summed E-state index contributed by atoms with van der Waals surface area (Å²) in [7, 11) is 0. The largest absolute Gasteiger partial charge is 0.477 e. The van der Waals surface area contributed by atoms with Gasteiger partial charge in [0.25, 0.3) is 11.7 Å². The summed E-state index contributed by atoms with van der Waals surface area (Å²) in [6.07, 6.45) is 0. The number of carboxylic acid groups (broad SMARTS) is 1. The zero-order valence-electron chi connectivity index (χ0n) is 11.1. The van der Waals surface area contributed by atoms with E-state index in [1.165, 1.54) is 16.2 Å². The van der Waals surface area contributed by atoms with Crippen molar-refractivity contribution in [3.63, 3.8) is 0 Å².